The van der Waals surface area contributed by atoms with Crippen LogP contribution in [0.5, 0.6) is 5.75 Å². The summed E-state index contributed by atoms with van der Waals surface area (Å²) in [6.45, 7) is 6.78. The minimum atomic E-state index is -3.78. The van der Waals surface area contributed by atoms with Gasteiger partial charge in [-0.2, -0.15) is 0 Å². The third kappa shape index (κ3) is 6.51. The number of sulfonamides is 1. The van der Waals surface area contributed by atoms with Crippen LogP contribution in [0.2, 0.25) is 0 Å². The highest BCUT2D eigenvalue weighted by Gasteiger charge is 2.29. The van der Waals surface area contributed by atoms with Crippen molar-refractivity contribution in [2.75, 3.05) is 50.1 Å². The second-order valence-electron chi connectivity index (χ2n) is 8.99. The van der Waals surface area contributed by atoms with Gasteiger partial charge in [-0.05, 0) is 67.1 Å². The lowest BCUT2D eigenvalue weighted by atomic mass is 10.1. The van der Waals surface area contributed by atoms with Gasteiger partial charge < -0.3 is 19.4 Å². The summed E-state index contributed by atoms with van der Waals surface area (Å²) in [5, 5.41) is 2.76. The van der Waals surface area contributed by atoms with Gasteiger partial charge in [-0.1, -0.05) is 6.92 Å². The smallest absolute Gasteiger partial charge is 0.240 e. The number of carbonyl (C=O) groups excluding carboxylic acids is 1. The van der Waals surface area contributed by atoms with Crippen LogP contribution in [0.1, 0.15) is 30.7 Å². The summed E-state index contributed by atoms with van der Waals surface area (Å²) in [5.74, 6) is 1.42. The normalized spacial score (nSPS) is 15.4. The van der Waals surface area contributed by atoms with E-state index in [1.807, 2.05) is 36.4 Å². The molecule has 2 aromatic carbocycles. The van der Waals surface area contributed by atoms with Gasteiger partial charge in [0.15, 0.2) is 0 Å². The molecule has 1 aliphatic heterocycles. The van der Waals surface area contributed by atoms with Crippen molar-refractivity contribution in [1.82, 2.24) is 9.62 Å². The number of amides is 1. The van der Waals surface area contributed by atoms with Crippen molar-refractivity contribution in [1.29, 1.82) is 0 Å². The first-order chi connectivity index (χ1) is 17.8. The van der Waals surface area contributed by atoms with E-state index in [-0.39, 0.29) is 23.4 Å². The fourth-order valence-electron chi connectivity index (χ4n) is 4.52. The van der Waals surface area contributed by atoms with E-state index in [9.17, 15) is 13.2 Å². The summed E-state index contributed by atoms with van der Waals surface area (Å²) in [7, 11) is -2.13. The summed E-state index contributed by atoms with van der Waals surface area (Å²) >= 11 is 0. The molecule has 198 valence electrons. The van der Waals surface area contributed by atoms with Crippen LogP contribution in [0.3, 0.4) is 0 Å². The second kappa shape index (κ2) is 11.8. The Morgan fingerprint density at radius 1 is 1.08 bits per heavy atom. The van der Waals surface area contributed by atoms with E-state index < -0.39 is 10.0 Å². The molecule has 37 heavy (non-hydrogen) atoms. The Morgan fingerprint density at radius 2 is 1.81 bits per heavy atom. The summed E-state index contributed by atoms with van der Waals surface area (Å²) in [4.78, 5) is 16.4. The van der Waals surface area contributed by atoms with Crippen molar-refractivity contribution in [2.45, 2.75) is 31.2 Å². The third-order valence-electron chi connectivity index (χ3n) is 6.60. The Labute approximate surface area is 218 Å². The number of nitrogens with one attached hydrogen (secondary N) is 2. The van der Waals surface area contributed by atoms with Crippen molar-refractivity contribution in [3.05, 3.63) is 72.2 Å². The average molecular weight is 527 g/mol. The molecule has 2 heterocycles. The molecule has 0 aliphatic carbocycles. The largest absolute Gasteiger partial charge is 0.497 e. The number of methoxy groups -OCH3 is 1. The number of ether oxygens (including phenoxy) is 1. The Bertz CT molecular complexity index is 1280. The van der Waals surface area contributed by atoms with E-state index in [1.54, 1.807) is 39.4 Å². The summed E-state index contributed by atoms with van der Waals surface area (Å²) in [6, 6.07) is 16.3. The van der Waals surface area contributed by atoms with Crippen LogP contribution in [0.15, 0.2) is 70.2 Å². The molecule has 4 rings (SSSR count). The van der Waals surface area contributed by atoms with Gasteiger partial charge in [-0.15, -0.1) is 0 Å². The van der Waals surface area contributed by atoms with E-state index in [0.29, 0.717) is 17.7 Å². The van der Waals surface area contributed by atoms with Crippen LogP contribution in [0, 0.1) is 6.92 Å². The maximum Gasteiger partial charge on any atom is 0.240 e. The van der Waals surface area contributed by atoms with Gasteiger partial charge in [0.1, 0.15) is 11.5 Å². The van der Waals surface area contributed by atoms with Crippen molar-refractivity contribution < 1.29 is 22.4 Å². The van der Waals surface area contributed by atoms with Gasteiger partial charge in [0.05, 0.1) is 24.3 Å². The molecule has 1 unspecified atom stereocenters. The summed E-state index contributed by atoms with van der Waals surface area (Å²) in [6.07, 6.45) is 1.96. The number of aryl methyl sites for hydroxylation is 1. The number of anilines is 2. The predicted molar refractivity (Wildman–Crippen MR) is 144 cm³/mol. The molecule has 1 aromatic heterocycles. The number of hydrogen-bond donors (Lipinski definition) is 2. The first-order valence-corrected chi connectivity index (χ1v) is 13.9. The lowest BCUT2D eigenvalue weighted by Gasteiger charge is -2.39. The van der Waals surface area contributed by atoms with E-state index >= 15 is 0 Å². The average Bonchev–Trinajstić information content (AvgIpc) is 3.44. The highest BCUT2D eigenvalue weighted by atomic mass is 32.2. The number of piperazine rings is 1. The second-order valence-corrected chi connectivity index (χ2v) is 10.7. The van der Waals surface area contributed by atoms with Crippen LogP contribution < -0.4 is 19.7 Å². The van der Waals surface area contributed by atoms with E-state index in [4.69, 9.17) is 9.15 Å². The molecule has 1 amide bonds. The zero-order valence-corrected chi connectivity index (χ0v) is 22.3. The van der Waals surface area contributed by atoms with E-state index in [1.165, 1.54) is 6.07 Å². The summed E-state index contributed by atoms with van der Waals surface area (Å²) < 4.78 is 40.2. The number of benzene rings is 2. The van der Waals surface area contributed by atoms with E-state index in [2.05, 4.69) is 19.8 Å². The summed E-state index contributed by atoms with van der Waals surface area (Å²) in [5.41, 5.74) is 2.26. The van der Waals surface area contributed by atoms with Crippen LogP contribution >= 0.6 is 0 Å². The first kappa shape index (κ1) is 26.7. The van der Waals surface area contributed by atoms with Gasteiger partial charge in [-0.3, -0.25) is 9.69 Å². The lowest BCUT2D eigenvalue weighted by Crippen LogP contribution is -2.49. The third-order valence-corrected chi connectivity index (χ3v) is 8.18. The van der Waals surface area contributed by atoms with Crippen LogP contribution in [0.4, 0.5) is 11.4 Å². The lowest BCUT2D eigenvalue weighted by molar-refractivity contribution is -0.115. The fraction of sp³-hybridized carbons (Fsp3) is 0.370. The van der Waals surface area contributed by atoms with Crippen LogP contribution in [0.25, 0.3) is 0 Å². The van der Waals surface area contributed by atoms with E-state index in [0.717, 1.165) is 43.4 Å². The maximum absolute atomic E-state index is 13.2. The van der Waals surface area contributed by atoms with Gasteiger partial charge in [0.2, 0.25) is 15.9 Å². The molecular weight excluding hydrogens is 492 g/mol. The minimum Gasteiger partial charge on any atom is -0.497 e. The molecule has 9 nitrogen and oxygen atoms in total. The zero-order valence-electron chi connectivity index (χ0n) is 21.4. The van der Waals surface area contributed by atoms with Crippen molar-refractivity contribution in [3.63, 3.8) is 0 Å². The quantitative estimate of drug-likeness (QED) is 0.414. The molecule has 0 saturated carbocycles. The number of nitrogens with zero attached hydrogens (tertiary/aromatic N) is 2. The Kier molecular flexibility index (Phi) is 8.52. The molecule has 0 bridgehead atoms. The number of rotatable bonds is 10. The number of hydrogen-bond acceptors (Lipinski definition) is 7. The molecule has 3 aromatic rings. The first-order valence-electron chi connectivity index (χ1n) is 12.4. The van der Waals surface area contributed by atoms with Crippen molar-refractivity contribution in [3.8, 4) is 5.75 Å². The predicted octanol–water partition coefficient (Wildman–Crippen LogP) is 3.79. The molecule has 1 atom stereocenters. The molecular formula is C27H34N4O5S. The Morgan fingerprint density at radius 3 is 2.41 bits per heavy atom. The molecule has 0 spiro atoms. The van der Waals surface area contributed by atoms with Gasteiger partial charge in [-0.25, -0.2) is 13.1 Å². The Balaban J connectivity index is 1.43. The fourth-order valence-corrected chi connectivity index (χ4v) is 5.78. The van der Waals surface area contributed by atoms with Gasteiger partial charge in [0, 0.05) is 50.5 Å². The topological polar surface area (TPSA) is 104 Å². The number of furan rings is 1. The van der Waals surface area contributed by atoms with Crippen LogP contribution in [-0.4, -0.2) is 59.1 Å². The minimum absolute atomic E-state index is 0.124. The monoisotopic (exact) mass is 526 g/mol. The molecule has 0 radical (unpaired) electrons. The zero-order chi connectivity index (χ0) is 26.4. The SMILES string of the molecule is CCC(=O)Nc1ccc(S(=O)(=O)NCC(c2ccco2)N2CCN(c3ccc(OC)cc3)CC2)c(C)c1. The molecule has 1 saturated heterocycles. The Hall–Kier alpha value is -3.34. The van der Waals surface area contributed by atoms with Gasteiger partial charge >= 0.3 is 0 Å². The molecule has 1 fully saturated rings. The maximum atomic E-state index is 13.2. The standard InChI is InChI=1S/C27H34N4O5S/c1-4-27(32)29-21-7-12-26(20(2)18-21)37(33,34)28-19-24(25-6-5-17-36-25)31-15-13-30(14-16-31)22-8-10-23(35-3)11-9-22/h5-12,17-18,24,28H,4,13-16,19H2,1-3H3,(H,29,32). The molecule has 1 aliphatic rings. The highest BCUT2D eigenvalue weighted by molar-refractivity contribution is 7.89. The number of carbonyl (C=O) groups is 1. The van der Waals surface area contributed by atoms with Crippen molar-refractivity contribution >= 4 is 27.3 Å². The van der Waals surface area contributed by atoms with Crippen LogP contribution in [-0.2, 0) is 14.8 Å². The molecule has 10 heteroatoms. The van der Waals surface area contributed by atoms with Gasteiger partial charge in [0.25, 0.3) is 0 Å². The highest BCUT2D eigenvalue weighted by Crippen LogP contribution is 2.27. The molecule has 2 N–H and O–H groups in total. The van der Waals surface area contributed by atoms with Crippen molar-refractivity contribution in [2.24, 2.45) is 0 Å².